The average Bonchev–Trinajstić information content (AvgIpc) is 3.24. The summed E-state index contributed by atoms with van der Waals surface area (Å²) in [4.78, 5) is 0. The third-order valence-electron chi connectivity index (χ3n) is 5.03. The molecule has 0 amide bonds. The van der Waals surface area contributed by atoms with Crippen molar-refractivity contribution in [3.8, 4) is 5.69 Å². The van der Waals surface area contributed by atoms with Gasteiger partial charge in [-0.3, -0.25) is 4.57 Å². The summed E-state index contributed by atoms with van der Waals surface area (Å²) in [6, 6.07) is 16.9. The zero-order valence-corrected chi connectivity index (χ0v) is 18.0. The average molecular weight is 405 g/mol. The minimum atomic E-state index is 0.729. The van der Waals surface area contributed by atoms with Crippen LogP contribution in [0.4, 0.5) is 0 Å². The highest BCUT2D eigenvalue weighted by atomic mass is 32.2. The normalized spacial score (nSPS) is 11.2. The molecule has 0 aliphatic rings. The summed E-state index contributed by atoms with van der Waals surface area (Å²) in [7, 11) is 0. The molecular formula is C23H24N4OS. The summed E-state index contributed by atoms with van der Waals surface area (Å²) >= 11 is 1.66. The van der Waals surface area contributed by atoms with Crippen LogP contribution in [-0.4, -0.2) is 19.9 Å². The van der Waals surface area contributed by atoms with Gasteiger partial charge in [0.2, 0.25) is 0 Å². The molecule has 2 aromatic heterocycles. The van der Waals surface area contributed by atoms with Gasteiger partial charge >= 0.3 is 0 Å². The summed E-state index contributed by atoms with van der Waals surface area (Å²) in [5, 5.41) is 14.0. The minimum Gasteiger partial charge on any atom is -0.361 e. The Morgan fingerprint density at radius 1 is 0.966 bits per heavy atom. The molecule has 0 unspecified atom stereocenters. The highest BCUT2D eigenvalue weighted by Crippen LogP contribution is 2.29. The number of thioether (sulfide) groups is 1. The maximum Gasteiger partial charge on any atom is 0.196 e. The Labute approximate surface area is 175 Å². The lowest BCUT2D eigenvalue weighted by Gasteiger charge is -2.13. The Hall–Kier alpha value is -2.86. The van der Waals surface area contributed by atoms with Gasteiger partial charge < -0.3 is 4.52 Å². The molecule has 0 fully saturated rings. The van der Waals surface area contributed by atoms with E-state index in [1.165, 1.54) is 16.7 Å². The molecule has 0 bridgehead atoms. The van der Waals surface area contributed by atoms with Crippen molar-refractivity contribution >= 4 is 11.8 Å². The molecule has 29 heavy (non-hydrogen) atoms. The van der Waals surface area contributed by atoms with Gasteiger partial charge in [-0.1, -0.05) is 64.9 Å². The second-order valence-corrected chi connectivity index (χ2v) is 8.22. The topological polar surface area (TPSA) is 56.7 Å². The summed E-state index contributed by atoms with van der Waals surface area (Å²) in [5.41, 5.74) is 6.83. The monoisotopic (exact) mass is 404 g/mol. The van der Waals surface area contributed by atoms with Crippen LogP contribution in [0.5, 0.6) is 0 Å². The summed E-state index contributed by atoms with van der Waals surface area (Å²) in [6.45, 7) is 8.17. The molecule has 0 saturated heterocycles. The molecule has 5 nitrogen and oxygen atoms in total. The van der Waals surface area contributed by atoms with Crippen LogP contribution in [0.3, 0.4) is 0 Å². The third-order valence-corrected chi connectivity index (χ3v) is 5.98. The van der Waals surface area contributed by atoms with E-state index in [-0.39, 0.29) is 0 Å². The van der Waals surface area contributed by atoms with Crippen LogP contribution in [0.25, 0.3) is 5.69 Å². The molecule has 2 aromatic carbocycles. The quantitative estimate of drug-likeness (QED) is 0.404. The maximum absolute atomic E-state index is 5.31. The van der Waals surface area contributed by atoms with Crippen molar-refractivity contribution in [2.75, 3.05) is 0 Å². The van der Waals surface area contributed by atoms with E-state index in [9.17, 15) is 0 Å². The van der Waals surface area contributed by atoms with Gasteiger partial charge in [0, 0.05) is 17.7 Å². The van der Waals surface area contributed by atoms with Gasteiger partial charge in [-0.15, -0.1) is 10.2 Å². The highest BCUT2D eigenvalue weighted by molar-refractivity contribution is 7.98. The van der Waals surface area contributed by atoms with E-state index >= 15 is 0 Å². The highest BCUT2D eigenvalue weighted by Gasteiger charge is 2.18. The SMILES string of the molecule is Cc1ccc(-n2c(Cc3ccccc3)nnc2SCc2c(C)noc2C)c(C)c1. The predicted molar refractivity (Wildman–Crippen MR) is 116 cm³/mol. The van der Waals surface area contributed by atoms with Crippen molar-refractivity contribution in [2.24, 2.45) is 0 Å². The van der Waals surface area contributed by atoms with E-state index in [1.807, 2.05) is 19.9 Å². The van der Waals surface area contributed by atoms with Crippen molar-refractivity contribution in [3.05, 3.63) is 88.1 Å². The van der Waals surface area contributed by atoms with E-state index in [2.05, 4.69) is 76.2 Å². The standard InChI is InChI=1S/C23H24N4OS/c1-15-10-11-21(16(2)12-15)27-22(13-19-8-6-5-7-9-19)24-25-23(27)29-14-20-17(3)26-28-18(20)4/h5-12H,13-14H2,1-4H3. The lowest BCUT2D eigenvalue weighted by Crippen LogP contribution is -2.06. The first-order valence-corrected chi connectivity index (χ1v) is 10.6. The van der Waals surface area contributed by atoms with Crippen LogP contribution in [0.2, 0.25) is 0 Å². The largest absolute Gasteiger partial charge is 0.361 e. The van der Waals surface area contributed by atoms with Crippen molar-refractivity contribution in [1.29, 1.82) is 0 Å². The van der Waals surface area contributed by atoms with E-state index in [4.69, 9.17) is 4.52 Å². The predicted octanol–water partition coefficient (Wildman–Crippen LogP) is 5.37. The van der Waals surface area contributed by atoms with Gasteiger partial charge in [0.05, 0.1) is 11.4 Å². The molecule has 0 atom stereocenters. The van der Waals surface area contributed by atoms with Crippen molar-refractivity contribution in [1.82, 2.24) is 19.9 Å². The number of aryl methyl sites for hydroxylation is 4. The van der Waals surface area contributed by atoms with Gasteiger partial charge in [-0.25, -0.2) is 0 Å². The molecule has 0 saturated carbocycles. The zero-order valence-electron chi connectivity index (χ0n) is 17.1. The Bertz CT molecular complexity index is 1110. The van der Waals surface area contributed by atoms with Crippen molar-refractivity contribution < 1.29 is 4.52 Å². The molecule has 0 aliphatic heterocycles. The zero-order chi connectivity index (χ0) is 20.4. The molecule has 0 N–H and O–H groups in total. The second-order valence-electron chi connectivity index (χ2n) is 7.28. The van der Waals surface area contributed by atoms with E-state index < -0.39 is 0 Å². The fourth-order valence-electron chi connectivity index (χ4n) is 3.43. The van der Waals surface area contributed by atoms with Gasteiger partial charge in [0.25, 0.3) is 0 Å². The molecule has 4 rings (SSSR count). The van der Waals surface area contributed by atoms with Crippen LogP contribution < -0.4 is 0 Å². The molecule has 0 aliphatic carbocycles. The van der Waals surface area contributed by atoms with Crippen molar-refractivity contribution in [2.45, 2.75) is 45.0 Å². The molecule has 6 heteroatoms. The van der Waals surface area contributed by atoms with Crippen LogP contribution in [0.1, 0.15) is 39.5 Å². The lowest BCUT2D eigenvalue weighted by atomic mass is 10.1. The Kier molecular flexibility index (Phi) is 5.53. The fourth-order valence-corrected chi connectivity index (χ4v) is 4.55. The number of hydrogen-bond donors (Lipinski definition) is 0. The molecule has 0 radical (unpaired) electrons. The Morgan fingerprint density at radius 2 is 1.76 bits per heavy atom. The molecule has 0 spiro atoms. The second kappa shape index (κ2) is 8.25. The van der Waals surface area contributed by atoms with E-state index in [1.54, 1.807) is 11.8 Å². The smallest absolute Gasteiger partial charge is 0.196 e. The van der Waals surface area contributed by atoms with Gasteiger partial charge in [0.1, 0.15) is 11.6 Å². The Balaban J connectivity index is 1.72. The van der Waals surface area contributed by atoms with Crippen LogP contribution in [0.15, 0.2) is 58.2 Å². The summed E-state index contributed by atoms with van der Waals surface area (Å²) in [6.07, 6.45) is 0.729. The molecule has 148 valence electrons. The number of benzene rings is 2. The van der Waals surface area contributed by atoms with E-state index in [0.29, 0.717) is 0 Å². The molecule has 2 heterocycles. The maximum atomic E-state index is 5.31. The number of aromatic nitrogens is 4. The Morgan fingerprint density at radius 3 is 2.45 bits per heavy atom. The first-order chi connectivity index (χ1) is 14.0. The minimum absolute atomic E-state index is 0.729. The van der Waals surface area contributed by atoms with Gasteiger partial charge in [-0.05, 0) is 44.9 Å². The molecule has 4 aromatic rings. The summed E-state index contributed by atoms with van der Waals surface area (Å²) < 4.78 is 7.49. The number of hydrogen-bond acceptors (Lipinski definition) is 5. The van der Waals surface area contributed by atoms with Gasteiger partial charge in [-0.2, -0.15) is 0 Å². The van der Waals surface area contributed by atoms with Crippen molar-refractivity contribution in [3.63, 3.8) is 0 Å². The van der Waals surface area contributed by atoms with E-state index in [0.717, 1.165) is 45.9 Å². The first-order valence-electron chi connectivity index (χ1n) is 9.63. The fraction of sp³-hybridized carbons (Fsp3) is 0.261. The summed E-state index contributed by atoms with van der Waals surface area (Å²) in [5.74, 6) is 2.54. The third kappa shape index (κ3) is 4.12. The lowest BCUT2D eigenvalue weighted by molar-refractivity contribution is 0.392. The van der Waals surface area contributed by atoms with Gasteiger partial charge in [0.15, 0.2) is 5.16 Å². The van der Waals surface area contributed by atoms with Crippen LogP contribution >= 0.6 is 11.8 Å². The van der Waals surface area contributed by atoms with Crippen LogP contribution in [-0.2, 0) is 12.2 Å². The van der Waals surface area contributed by atoms with Crippen LogP contribution in [0, 0.1) is 27.7 Å². The molecular weight excluding hydrogens is 380 g/mol. The number of nitrogens with zero attached hydrogens (tertiary/aromatic N) is 4. The number of rotatable bonds is 6. The first kappa shape index (κ1) is 19.5.